The molecule has 0 aliphatic heterocycles. The number of hydrogen-bond donors (Lipinski definition) is 0. The van der Waals surface area contributed by atoms with Gasteiger partial charge in [0.1, 0.15) is 10.5 Å². The van der Waals surface area contributed by atoms with Crippen LogP contribution >= 0.6 is 11.3 Å². The molecule has 2 aromatic heterocycles. The molecule has 0 fully saturated rings. The fourth-order valence-electron chi connectivity index (χ4n) is 4.24. The molecule has 0 unspecified atom stereocenters. The fraction of sp³-hybridized carbons (Fsp3) is 0.222. The zero-order chi connectivity index (χ0) is 21.0. The van der Waals surface area contributed by atoms with E-state index in [9.17, 15) is 0 Å². The minimum atomic E-state index is 0.00305. The molecule has 0 N–H and O–H groups in total. The standard InChI is InChI=1S/C27H26NOS/c1-17-15-16-21-20-13-9-10-14-22(20)29-24(21)23(17)28-18(2)25(19-11-7-6-8-12-19)30-26(28)27(3,4)5/h6-16H,1-5H3/q+1. The highest BCUT2D eigenvalue weighted by atomic mass is 32.1. The van der Waals surface area contributed by atoms with Gasteiger partial charge >= 0.3 is 0 Å². The van der Waals surface area contributed by atoms with Crippen LogP contribution in [0.1, 0.15) is 37.0 Å². The van der Waals surface area contributed by atoms with Crippen LogP contribution in [0.2, 0.25) is 0 Å². The zero-order valence-electron chi connectivity index (χ0n) is 18.1. The third kappa shape index (κ3) is 2.88. The molecular formula is C27H26NOS+. The maximum atomic E-state index is 6.44. The predicted molar refractivity (Wildman–Crippen MR) is 127 cm³/mol. The molecular weight excluding hydrogens is 386 g/mol. The Labute approximate surface area is 181 Å². The summed E-state index contributed by atoms with van der Waals surface area (Å²) in [6.07, 6.45) is 0. The van der Waals surface area contributed by atoms with Crippen LogP contribution in [-0.2, 0) is 5.41 Å². The number of rotatable bonds is 2. The van der Waals surface area contributed by atoms with E-state index in [2.05, 4.69) is 99.8 Å². The van der Waals surface area contributed by atoms with E-state index in [4.69, 9.17) is 4.42 Å². The maximum absolute atomic E-state index is 6.44. The van der Waals surface area contributed by atoms with Gasteiger partial charge in [0.15, 0.2) is 0 Å². The van der Waals surface area contributed by atoms with Gasteiger partial charge in [-0.25, -0.2) is 0 Å². The van der Waals surface area contributed by atoms with Crippen molar-refractivity contribution in [1.29, 1.82) is 0 Å². The molecule has 150 valence electrons. The number of aromatic nitrogens is 1. The summed E-state index contributed by atoms with van der Waals surface area (Å²) in [6.45, 7) is 11.3. The smallest absolute Gasteiger partial charge is 0.258 e. The van der Waals surface area contributed by atoms with Crippen LogP contribution in [0.4, 0.5) is 0 Å². The second kappa shape index (κ2) is 6.82. The molecule has 5 aromatic rings. The van der Waals surface area contributed by atoms with Crippen molar-refractivity contribution >= 4 is 33.3 Å². The normalized spacial score (nSPS) is 12.2. The average molecular weight is 413 g/mol. The summed E-state index contributed by atoms with van der Waals surface area (Å²) in [4.78, 5) is 1.31. The van der Waals surface area contributed by atoms with Gasteiger partial charge in [-0.15, -0.1) is 4.57 Å². The highest BCUT2D eigenvalue weighted by Crippen LogP contribution is 2.38. The van der Waals surface area contributed by atoms with Crippen molar-refractivity contribution in [3.8, 4) is 16.1 Å². The first-order valence-corrected chi connectivity index (χ1v) is 11.2. The van der Waals surface area contributed by atoms with Gasteiger partial charge in [-0.05, 0) is 45.4 Å². The lowest BCUT2D eigenvalue weighted by molar-refractivity contribution is -0.607. The second-order valence-corrected chi connectivity index (χ2v) is 9.98. The summed E-state index contributed by atoms with van der Waals surface area (Å²) in [5, 5.41) is 3.67. The van der Waals surface area contributed by atoms with E-state index in [1.54, 1.807) is 0 Å². The van der Waals surface area contributed by atoms with Gasteiger partial charge in [0.25, 0.3) is 5.69 Å². The molecule has 30 heavy (non-hydrogen) atoms. The summed E-state index contributed by atoms with van der Waals surface area (Å²) in [5.74, 6) is 0. The van der Waals surface area contributed by atoms with Crippen LogP contribution < -0.4 is 4.57 Å². The number of furan rings is 1. The topological polar surface area (TPSA) is 17.0 Å². The molecule has 0 spiro atoms. The van der Waals surface area contributed by atoms with E-state index < -0.39 is 0 Å². The highest BCUT2D eigenvalue weighted by molar-refractivity contribution is 7.15. The minimum absolute atomic E-state index is 0.00305. The van der Waals surface area contributed by atoms with E-state index in [0.29, 0.717) is 0 Å². The van der Waals surface area contributed by atoms with Crippen LogP contribution in [0.25, 0.3) is 38.1 Å². The fourth-order valence-corrected chi connectivity index (χ4v) is 5.55. The maximum Gasteiger partial charge on any atom is 0.258 e. The first-order chi connectivity index (χ1) is 14.4. The van der Waals surface area contributed by atoms with Gasteiger partial charge in [-0.2, -0.15) is 0 Å². The monoisotopic (exact) mass is 412 g/mol. The Morgan fingerprint density at radius 3 is 2.23 bits per heavy atom. The summed E-state index contributed by atoms with van der Waals surface area (Å²) < 4.78 is 8.88. The first kappa shape index (κ1) is 19.1. The molecule has 0 radical (unpaired) electrons. The SMILES string of the molecule is Cc1ccc2c(oc3ccccc32)c1-[n+]1c(C(C)(C)C)sc(-c2ccccc2)c1C. The zero-order valence-corrected chi connectivity index (χ0v) is 18.9. The van der Waals surface area contributed by atoms with Crippen molar-refractivity contribution < 1.29 is 8.98 Å². The molecule has 3 heteroatoms. The summed E-state index contributed by atoms with van der Waals surface area (Å²) in [5.41, 5.74) is 6.80. The molecule has 0 amide bonds. The van der Waals surface area contributed by atoms with Crippen LogP contribution in [0.5, 0.6) is 0 Å². The lowest BCUT2D eigenvalue weighted by atomic mass is 9.97. The van der Waals surface area contributed by atoms with Crippen molar-refractivity contribution in [2.75, 3.05) is 0 Å². The average Bonchev–Trinajstić information content (AvgIpc) is 3.26. The molecule has 0 saturated heterocycles. The van der Waals surface area contributed by atoms with Gasteiger partial charge in [0.05, 0.1) is 5.41 Å². The minimum Gasteiger partial charge on any atom is -0.449 e. The third-order valence-corrected chi connectivity index (χ3v) is 7.41. The van der Waals surface area contributed by atoms with E-state index >= 15 is 0 Å². The van der Waals surface area contributed by atoms with Crippen molar-refractivity contribution in [1.82, 2.24) is 0 Å². The summed E-state index contributed by atoms with van der Waals surface area (Å²) >= 11 is 1.89. The van der Waals surface area contributed by atoms with Crippen molar-refractivity contribution in [2.24, 2.45) is 0 Å². The number of aryl methyl sites for hydroxylation is 1. The Bertz CT molecular complexity index is 1380. The molecule has 5 rings (SSSR count). The summed E-state index contributed by atoms with van der Waals surface area (Å²) in [7, 11) is 0. The highest BCUT2D eigenvalue weighted by Gasteiger charge is 2.36. The predicted octanol–water partition coefficient (Wildman–Crippen LogP) is 7.51. The largest absolute Gasteiger partial charge is 0.449 e. The van der Waals surface area contributed by atoms with E-state index in [0.717, 1.165) is 16.9 Å². The molecule has 0 aliphatic carbocycles. The summed E-state index contributed by atoms with van der Waals surface area (Å²) in [6, 6.07) is 23.4. The van der Waals surface area contributed by atoms with Crippen LogP contribution in [0, 0.1) is 13.8 Å². The Hall–Kier alpha value is -2.91. The van der Waals surface area contributed by atoms with Crippen molar-refractivity contribution in [3.63, 3.8) is 0 Å². The quantitative estimate of drug-likeness (QED) is 0.274. The Balaban J connectivity index is 1.90. The lowest BCUT2D eigenvalue weighted by Crippen LogP contribution is -2.41. The molecule has 2 heterocycles. The number of thiazole rings is 1. The van der Waals surface area contributed by atoms with Crippen LogP contribution in [0.15, 0.2) is 71.1 Å². The number of hydrogen-bond acceptors (Lipinski definition) is 2. The lowest BCUT2D eigenvalue weighted by Gasteiger charge is -2.13. The van der Waals surface area contributed by atoms with Gasteiger partial charge in [-0.3, -0.25) is 0 Å². The molecule has 2 nitrogen and oxygen atoms in total. The Morgan fingerprint density at radius 1 is 0.800 bits per heavy atom. The van der Waals surface area contributed by atoms with Gasteiger partial charge in [-0.1, -0.05) is 65.9 Å². The Kier molecular flexibility index (Phi) is 4.33. The van der Waals surface area contributed by atoms with Gasteiger partial charge in [0, 0.05) is 23.3 Å². The molecule has 0 atom stereocenters. The number of nitrogens with zero attached hydrogens (tertiary/aromatic N) is 1. The molecule has 3 aromatic carbocycles. The third-order valence-electron chi connectivity index (χ3n) is 5.69. The number of fused-ring (bicyclic) bond motifs is 3. The van der Waals surface area contributed by atoms with Gasteiger partial charge in [0.2, 0.25) is 16.3 Å². The van der Waals surface area contributed by atoms with E-state index in [1.165, 1.54) is 37.5 Å². The molecule has 0 bridgehead atoms. The first-order valence-electron chi connectivity index (χ1n) is 10.4. The number of para-hydroxylation sites is 1. The van der Waals surface area contributed by atoms with E-state index in [-0.39, 0.29) is 5.41 Å². The molecule has 0 saturated carbocycles. The number of benzene rings is 3. The molecule has 0 aliphatic rings. The second-order valence-electron chi connectivity index (χ2n) is 8.98. The van der Waals surface area contributed by atoms with Crippen LogP contribution in [0.3, 0.4) is 0 Å². The van der Waals surface area contributed by atoms with Crippen LogP contribution in [-0.4, -0.2) is 0 Å². The van der Waals surface area contributed by atoms with Crippen molar-refractivity contribution in [2.45, 2.75) is 40.0 Å². The van der Waals surface area contributed by atoms with E-state index in [1.807, 2.05) is 17.4 Å². The Morgan fingerprint density at radius 2 is 1.50 bits per heavy atom. The van der Waals surface area contributed by atoms with Gasteiger partial charge < -0.3 is 4.42 Å². The van der Waals surface area contributed by atoms with Crippen molar-refractivity contribution in [3.05, 3.63) is 83.0 Å².